The molecule has 3 heterocycles. The zero-order valence-electron chi connectivity index (χ0n) is 24.2. The Bertz CT molecular complexity index is 1320. The molecule has 0 radical (unpaired) electrons. The zero-order chi connectivity index (χ0) is 28.7. The lowest BCUT2D eigenvalue weighted by molar-refractivity contribution is -0.0207. The van der Waals surface area contributed by atoms with Gasteiger partial charge >= 0.3 is 6.09 Å². The number of fused-ring (bicyclic) bond motifs is 1. The molecule has 2 fully saturated rings. The predicted octanol–water partition coefficient (Wildman–Crippen LogP) is 4.72. The lowest BCUT2D eigenvalue weighted by Crippen LogP contribution is -2.60. The van der Waals surface area contributed by atoms with Crippen LogP contribution in [0.1, 0.15) is 59.1 Å². The van der Waals surface area contributed by atoms with Crippen molar-refractivity contribution in [1.82, 2.24) is 14.7 Å². The number of piperazine rings is 1. The highest BCUT2D eigenvalue weighted by atomic mass is 32.2. The molecule has 10 heteroatoms. The number of carbonyl (C=O) groups is 1. The minimum atomic E-state index is -3.66. The van der Waals surface area contributed by atoms with Crippen LogP contribution in [0.15, 0.2) is 52.3 Å². The number of rotatable bonds is 5. The summed E-state index contributed by atoms with van der Waals surface area (Å²) in [6, 6.07) is 12.1. The summed E-state index contributed by atoms with van der Waals surface area (Å²) in [5.41, 5.74) is 0.712. The van der Waals surface area contributed by atoms with E-state index in [9.17, 15) is 13.2 Å². The number of likely N-dealkylation sites (tertiary alicyclic amines) is 1. The Morgan fingerprint density at radius 1 is 0.900 bits per heavy atom. The molecule has 0 aliphatic carbocycles. The van der Waals surface area contributed by atoms with Crippen molar-refractivity contribution in [2.45, 2.75) is 74.4 Å². The van der Waals surface area contributed by atoms with Crippen molar-refractivity contribution in [3.8, 4) is 11.5 Å². The Balaban J connectivity index is 1.16. The summed E-state index contributed by atoms with van der Waals surface area (Å²) >= 11 is 0. The number of hydrogen-bond donors (Lipinski definition) is 0. The molecule has 0 saturated carbocycles. The van der Waals surface area contributed by atoms with Crippen LogP contribution in [0, 0.1) is 0 Å². The van der Waals surface area contributed by atoms with Gasteiger partial charge in [-0.3, -0.25) is 9.80 Å². The Kier molecular flexibility index (Phi) is 7.80. The van der Waals surface area contributed by atoms with Crippen molar-refractivity contribution in [1.29, 1.82) is 0 Å². The van der Waals surface area contributed by atoms with E-state index >= 15 is 0 Å². The van der Waals surface area contributed by atoms with Crippen LogP contribution < -0.4 is 9.47 Å². The van der Waals surface area contributed by atoms with Crippen LogP contribution in [-0.2, 0) is 14.6 Å². The van der Waals surface area contributed by atoms with E-state index in [0.717, 1.165) is 44.6 Å². The van der Waals surface area contributed by atoms with Crippen molar-refractivity contribution in [3.63, 3.8) is 0 Å². The van der Waals surface area contributed by atoms with Crippen LogP contribution in [0.4, 0.5) is 4.79 Å². The van der Waals surface area contributed by atoms with E-state index in [-0.39, 0.29) is 34.3 Å². The molecule has 9 nitrogen and oxygen atoms in total. The van der Waals surface area contributed by atoms with Gasteiger partial charge in [-0.05, 0) is 77.3 Å². The maximum atomic E-state index is 13.2. The van der Waals surface area contributed by atoms with E-state index in [4.69, 9.17) is 14.2 Å². The molecule has 0 aromatic heterocycles. The van der Waals surface area contributed by atoms with Gasteiger partial charge in [-0.1, -0.05) is 12.1 Å². The second-order valence-electron chi connectivity index (χ2n) is 12.3. The number of carbonyl (C=O) groups excluding carboxylic acids is 1. The number of ether oxygens (including phenoxy) is 3. The average molecular weight is 572 g/mol. The summed E-state index contributed by atoms with van der Waals surface area (Å²) in [6.45, 7) is 15.3. The molecule has 2 aromatic carbocycles. The summed E-state index contributed by atoms with van der Waals surface area (Å²) in [6.07, 6.45) is 1.86. The standard InChI is InChI=1S/C30H41N3O6S/c1-22(23-6-8-24(9-7-23)40(35,36)25-10-11-26-27(20-25)38-21-37-26)31-14-12-30(5,13-15-31)33-18-16-32(17-19-33)28(34)39-29(2,3)4/h6-11,20,22H,12-19,21H2,1-5H3/t22-/m0/s1. The average Bonchev–Trinajstić information content (AvgIpc) is 3.40. The molecule has 5 rings (SSSR count). The highest BCUT2D eigenvalue weighted by molar-refractivity contribution is 7.91. The molecule has 218 valence electrons. The Labute approximate surface area is 237 Å². The molecule has 0 bridgehead atoms. The van der Waals surface area contributed by atoms with Gasteiger partial charge in [0.1, 0.15) is 5.60 Å². The lowest BCUT2D eigenvalue weighted by atomic mass is 9.86. The van der Waals surface area contributed by atoms with Gasteiger partial charge in [0.05, 0.1) is 9.79 Å². The van der Waals surface area contributed by atoms with Crippen LogP contribution in [0.25, 0.3) is 0 Å². The molecular weight excluding hydrogens is 530 g/mol. The van der Waals surface area contributed by atoms with E-state index in [0.29, 0.717) is 24.6 Å². The molecule has 0 unspecified atom stereocenters. The summed E-state index contributed by atoms with van der Waals surface area (Å²) in [4.78, 5) is 19.7. The fraction of sp³-hybridized carbons (Fsp3) is 0.567. The van der Waals surface area contributed by atoms with Gasteiger partial charge in [0.15, 0.2) is 11.5 Å². The minimum Gasteiger partial charge on any atom is -0.454 e. The van der Waals surface area contributed by atoms with Crippen molar-refractivity contribution in [2.75, 3.05) is 46.1 Å². The largest absolute Gasteiger partial charge is 0.454 e. The van der Waals surface area contributed by atoms with Gasteiger partial charge in [0, 0.05) is 56.9 Å². The smallest absolute Gasteiger partial charge is 0.410 e. The normalized spacial score (nSPS) is 20.8. The first-order valence-electron chi connectivity index (χ1n) is 14.1. The van der Waals surface area contributed by atoms with E-state index < -0.39 is 15.4 Å². The lowest BCUT2D eigenvalue weighted by Gasteiger charge is -2.50. The van der Waals surface area contributed by atoms with Crippen LogP contribution in [-0.4, -0.2) is 86.4 Å². The van der Waals surface area contributed by atoms with E-state index in [1.54, 1.807) is 24.3 Å². The minimum absolute atomic E-state index is 0.0960. The van der Waals surface area contributed by atoms with E-state index in [1.165, 1.54) is 6.07 Å². The SMILES string of the molecule is C[C@@H](c1ccc(S(=O)(=O)c2ccc3c(c2)OCO3)cc1)N1CCC(C)(N2CCN(C(=O)OC(C)(C)C)CC2)CC1. The number of amides is 1. The first kappa shape index (κ1) is 28.7. The fourth-order valence-corrected chi connectivity index (χ4v) is 7.06. The Morgan fingerprint density at radius 3 is 2.12 bits per heavy atom. The van der Waals surface area contributed by atoms with Gasteiger partial charge in [-0.15, -0.1) is 0 Å². The highest BCUT2D eigenvalue weighted by Crippen LogP contribution is 2.37. The van der Waals surface area contributed by atoms with Crippen molar-refractivity contribution in [3.05, 3.63) is 48.0 Å². The van der Waals surface area contributed by atoms with Gasteiger partial charge in [0.2, 0.25) is 16.6 Å². The molecule has 0 spiro atoms. The number of benzene rings is 2. The van der Waals surface area contributed by atoms with Gasteiger partial charge < -0.3 is 19.1 Å². The molecule has 0 N–H and O–H groups in total. The third-order valence-electron chi connectivity index (χ3n) is 8.44. The molecular formula is C30H41N3O6S. The number of hydrogen-bond acceptors (Lipinski definition) is 8. The first-order chi connectivity index (χ1) is 18.9. The fourth-order valence-electron chi connectivity index (χ4n) is 5.78. The van der Waals surface area contributed by atoms with E-state index in [2.05, 4.69) is 23.6 Å². The molecule has 40 heavy (non-hydrogen) atoms. The Morgan fingerprint density at radius 2 is 1.50 bits per heavy atom. The first-order valence-corrected chi connectivity index (χ1v) is 15.6. The van der Waals surface area contributed by atoms with Crippen molar-refractivity contribution < 1.29 is 27.4 Å². The topological polar surface area (TPSA) is 88.6 Å². The summed E-state index contributed by atoms with van der Waals surface area (Å²) in [7, 11) is -3.66. The van der Waals surface area contributed by atoms with Crippen molar-refractivity contribution >= 4 is 15.9 Å². The third-order valence-corrected chi connectivity index (χ3v) is 10.2. The second-order valence-corrected chi connectivity index (χ2v) is 14.2. The summed E-state index contributed by atoms with van der Waals surface area (Å²) in [5, 5.41) is 0. The summed E-state index contributed by atoms with van der Waals surface area (Å²) in [5.74, 6) is 1.01. The van der Waals surface area contributed by atoms with Gasteiger partial charge in [0.25, 0.3) is 0 Å². The van der Waals surface area contributed by atoms with Crippen LogP contribution in [0.5, 0.6) is 11.5 Å². The monoisotopic (exact) mass is 571 g/mol. The van der Waals surface area contributed by atoms with Gasteiger partial charge in [-0.2, -0.15) is 0 Å². The van der Waals surface area contributed by atoms with Crippen LogP contribution in [0.2, 0.25) is 0 Å². The number of nitrogens with zero attached hydrogens (tertiary/aromatic N) is 3. The Hall–Kier alpha value is -2.82. The maximum Gasteiger partial charge on any atom is 0.410 e. The summed E-state index contributed by atoms with van der Waals surface area (Å²) < 4.78 is 42.6. The third kappa shape index (κ3) is 5.94. The molecule has 1 atom stereocenters. The molecule has 2 saturated heterocycles. The molecule has 3 aliphatic rings. The zero-order valence-corrected chi connectivity index (χ0v) is 25.0. The van der Waals surface area contributed by atoms with Crippen LogP contribution in [0.3, 0.4) is 0 Å². The molecule has 2 aromatic rings. The highest BCUT2D eigenvalue weighted by Gasteiger charge is 2.39. The van der Waals surface area contributed by atoms with Crippen molar-refractivity contribution in [2.24, 2.45) is 0 Å². The van der Waals surface area contributed by atoms with Gasteiger partial charge in [-0.25, -0.2) is 13.2 Å². The number of sulfone groups is 1. The maximum absolute atomic E-state index is 13.2. The number of piperidine rings is 1. The predicted molar refractivity (Wildman–Crippen MR) is 151 cm³/mol. The quantitative estimate of drug-likeness (QED) is 0.510. The van der Waals surface area contributed by atoms with E-state index in [1.807, 2.05) is 37.8 Å². The molecule has 1 amide bonds. The van der Waals surface area contributed by atoms with Crippen LogP contribution >= 0.6 is 0 Å². The molecule has 3 aliphatic heterocycles. The second kappa shape index (κ2) is 10.9.